The maximum atomic E-state index is 12.7. The summed E-state index contributed by atoms with van der Waals surface area (Å²) < 4.78 is 0. The van der Waals surface area contributed by atoms with Gasteiger partial charge in [0.05, 0.1) is 0 Å². The Kier molecular flexibility index (Phi) is 4.25. The molecule has 0 aliphatic carbocycles. The smallest absolute Gasteiger partial charge is 0.253 e. The van der Waals surface area contributed by atoms with E-state index in [-0.39, 0.29) is 5.91 Å². The van der Waals surface area contributed by atoms with E-state index in [9.17, 15) is 4.79 Å². The minimum Gasteiger partial charge on any atom is -0.336 e. The van der Waals surface area contributed by atoms with Crippen molar-refractivity contribution in [3.8, 4) is 11.1 Å². The average Bonchev–Trinajstić information content (AvgIpc) is 2.55. The van der Waals surface area contributed by atoms with Crippen molar-refractivity contribution >= 4 is 5.91 Å². The molecule has 114 valence electrons. The van der Waals surface area contributed by atoms with Crippen molar-refractivity contribution in [2.45, 2.75) is 6.92 Å². The number of hydrogen-bond donors (Lipinski definition) is 0. The van der Waals surface area contributed by atoms with Gasteiger partial charge in [-0.3, -0.25) is 4.79 Å². The number of benzene rings is 2. The third kappa shape index (κ3) is 3.20. The van der Waals surface area contributed by atoms with Crippen LogP contribution in [0.5, 0.6) is 0 Å². The van der Waals surface area contributed by atoms with E-state index in [1.165, 1.54) is 5.56 Å². The zero-order valence-electron chi connectivity index (χ0n) is 13.2. The highest BCUT2D eigenvalue weighted by Crippen LogP contribution is 2.22. The van der Waals surface area contributed by atoms with Gasteiger partial charge in [-0.2, -0.15) is 0 Å². The Bertz CT molecular complexity index is 673. The highest BCUT2D eigenvalue weighted by Gasteiger charge is 2.20. The van der Waals surface area contributed by atoms with Crippen LogP contribution in [0.2, 0.25) is 0 Å². The maximum Gasteiger partial charge on any atom is 0.253 e. The highest BCUT2D eigenvalue weighted by atomic mass is 16.2. The molecule has 1 heterocycles. The van der Waals surface area contributed by atoms with Gasteiger partial charge in [0, 0.05) is 31.7 Å². The molecule has 2 aromatic rings. The molecule has 0 atom stereocenters. The molecule has 3 rings (SSSR count). The summed E-state index contributed by atoms with van der Waals surface area (Å²) in [5, 5.41) is 0. The standard InChI is InChI=1S/C19H22N2O/c1-15-5-3-6-16(13-15)17-7-4-8-18(14-17)19(22)21-11-9-20(2)10-12-21/h3-8,13-14H,9-12H2,1-2H3. The molecule has 0 spiro atoms. The van der Waals surface area contributed by atoms with Crippen LogP contribution in [-0.2, 0) is 0 Å². The van der Waals surface area contributed by atoms with Crippen molar-refractivity contribution in [2.75, 3.05) is 33.2 Å². The van der Waals surface area contributed by atoms with Crippen molar-refractivity contribution in [3.05, 3.63) is 59.7 Å². The Balaban J connectivity index is 1.83. The molecule has 2 aromatic carbocycles. The van der Waals surface area contributed by atoms with Gasteiger partial charge in [-0.1, -0.05) is 42.0 Å². The van der Waals surface area contributed by atoms with E-state index in [2.05, 4.69) is 49.2 Å². The van der Waals surface area contributed by atoms with Gasteiger partial charge >= 0.3 is 0 Å². The summed E-state index contributed by atoms with van der Waals surface area (Å²) >= 11 is 0. The fraction of sp³-hybridized carbons (Fsp3) is 0.316. The molecule has 0 radical (unpaired) electrons. The molecule has 3 heteroatoms. The zero-order chi connectivity index (χ0) is 15.5. The molecule has 0 saturated carbocycles. The molecular formula is C19H22N2O. The molecule has 1 aliphatic heterocycles. The van der Waals surface area contributed by atoms with Gasteiger partial charge < -0.3 is 9.80 Å². The molecule has 0 N–H and O–H groups in total. The first-order chi connectivity index (χ1) is 10.6. The van der Waals surface area contributed by atoms with Crippen molar-refractivity contribution < 1.29 is 4.79 Å². The largest absolute Gasteiger partial charge is 0.336 e. The summed E-state index contributed by atoms with van der Waals surface area (Å²) in [6.07, 6.45) is 0. The Morgan fingerprint density at radius 1 is 0.909 bits per heavy atom. The van der Waals surface area contributed by atoms with E-state index >= 15 is 0 Å². The van der Waals surface area contributed by atoms with E-state index in [4.69, 9.17) is 0 Å². The summed E-state index contributed by atoms with van der Waals surface area (Å²) in [7, 11) is 2.10. The van der Waals surface area contributed by atoms with Crippen molar-refractivity contribution in [1.29, 1.82) is 0 Å². The zero-order valence-corrected chi connectivity index (χ0v) is 13.2. The van der Waals surface area contributed by atoms with Crippen molar-refractivity contribution in [2.24, 2.45) is 0 Å². The minimum atomic E-state index is 0.141. The highest BCUT2D eigenvalue weighted by molar-refractivity contribution is 5.95. The molecular weight excluding hydrogens is 272 g/mol. The van der Waals surface area contributed by atoms with E-state index in [0.29, 0.717) is 0 Å². The van der Waals surface area contributed by atoms with Gasteiger partial charge in [-0.05, 0) is 37.2 Å². The van der Waals surface area contributed by atoms with Gasteiger partial charge in [0.1, 0.15) is 0 Å². The molecule has 1 amide bonds. The Morgan fingerprint density at radius 2 is 1.55 bits per heavy atom. The van der Waals surface area contributed by atoms with Crippen LogP contribution in [0.15, 0.2) is 48.5 Å². The summed E-state index contributed by atoms with van der Waals surface area (Å²) in [6, 6.07) is 16.3. The van der Waals surface area contributed by atoms with Crippen LogP contribution in [0.25, 0.3) is 11.1 Å². The number of nitrogens with zero attached hydrogens (tertiary/aromatic N) is 2. The Morgan fingerprint density at radius 3 is 2.23 bits per heavy atom. The monoisotopic (exact) mass is 294 g/mol. The Labute approximate surface area is 132 Å². The second-order valence-corrected chi connectivity index (χ2v) is 6.05. The van der Waals surface area contributed by atoms with Crippen LogP contribution in [0.4, 0.5) is 0 Å². The van der Waals surface area contributed by atoms with E-state index in [1.807, 2.05) is 23.1 Å². The SMILES string of the molecule is Cc1cccc(-c2cccc(C(=O)N3CCN(C)CC3)c2)c1. The second kappa shape index (κ2) is 6.32. The third-order valence-corrected chi connectivity index (χ3v) is 4.25. The van der Waals surface area contributed by atoms with Crippen LogP contribution < -0.4 is 0 Å². The predicted octanol–water partition coefficient (Wildman–Crippen LogP) is 3.05. The lowest BCUT2D eigenvalue weighted by atomic mass is 10.0. The molecule has 1 aliphatic rings. The first-order valence-corrected chi connectivity index (χ1v) is 7.78. The summed E-state index contributed by atoms with van der Waals surface area (Å²) in [5.41, 5.74) is 4.27. The normalized spacial score (nSPS) is 15.8. The number of aryl methyl sites for hydroxylation is 1. The van der Waals surface area contributed by atoms with Crippen LogP contribution in [0, 0.1) is 6.92 Å². The van der Waals surface area contributed by atoms with Crippen LogP contribution in [0.1, 0.15) is 15.9 Å². The molecule has 22 heavy (non-hydrogen) atoms. The molecule has 3 nitrogen and oxygen atoms in total. The van der Waals surface area contributed by atoms with Gasteiger partial charge in [0.15, 0.2) is 0 Å². The van der Waals surface area contributed by atoms with E-state index in [0.717, 1.165) is 42.9 Å². The molecule has 0 aromatic heterocycles. The van der Waals surface area contributed by atoms with E-state index < -0.39 is 0 Å². The third-order valence-electron chi connectivity index (χ3n) is 4.25. The van der Waals surface area contributed by atoms with Gasteiger partial charge in [0.25, 0.3) is 5.91 Å². The Hall–Kier alpha value is -2.13. The predicted molar refractivity (Wildman–Crippen MR) is 90.0 cm³/mol. The topological polar surface area (TPSA) is 23.6 Å². The number of carbonyl (C=O) groups excluding carboxylic acids is 1. The number of hydrogen-bond acceptors (Lipinski definition) is 2. The van der Waals surface area contributed by atoms with Crippen molar-refractivity contribution in [1.82, 2.24) is 9.80 Å². The van der Waals surface area contributed by atoms with Crippen molar-refractivity contribution in [3.63, 3.8) is 0 Å². The number of likely N-dealkylation sites (N-methyl/N-ethyl adjacent to an activating group) is 1. The lowest BCUT2D eigenvalue weighted by Crippen LogP contribution is -2.47. The molecule has 1 saturated heterocycles. The number of rotatable bonds is 2. The molecule has 0 bridgehead atoms. The fourth-order valence-electron chi connectivity index (χ4n) is 2.85. The van der Waals surface area contributed by atoms with Gasteiger partial charge in [0.2, 0.25) is 0 Å². The fourth-order valence-corrected chi connectivity index (χ4v) is 2.85. The summed E-state index contributed by atoms with van der Waals surface area (Å²) in [5.74, 6) is 0.141. The summed E-state index contributed by atoms with van der Waals surface area (Å²) in [4.78, 5) is 16.9. The lowest BCUT2D eigenvalue weighted by molar-refractivity contribution is 0.0664. The maximum absolute atomic E-state index is 12.7. The number of carbonyl (C=O) groups is 1. The second-order valence-electron chi connectivity index (χ2n) is 6.05. The quantitative estimate of drug-likeness (QED) is 0.850. The van der Waals surface area contributed by atoms with Crippen LogP contribution in [-0.4, -0.2) is 48.9 Å². The number of amides is 1. The minimum absolute atomic E-state index is 0.141. The summed E-state index contributed by atoms with van der Waals surface area (Å²) in [6.45, 7) is 5.60. The lowest BCUT2D eigenvalue weighted by Gasteiger charge is -2.32. The first-order valence-electron chi connectivity index (χ1n) is 7.78. The number of piperazine rings is 1. The van der Waals surface area contributed by atoms with Crippen LogP contribution in [0.3, 0.4) is 0 Å². The molecule has 1 fully saturated rings. The van der Waals surface area contributed by atoms with E-state index in [1.54, 1.807) is 0 Å². The van der Waals surface area contributed by atoms with Gasteiger partial charge in [-0.15, -0.1) is 0 Å². The average molecular weight is 294 g/mol. The first kappa shape index (κ1) is 14.8. The van der Waals surface area contributed by atoms with Crippen LogP contribution >= 0.6 is 0 Å². The molecule has 0 unspecified atom stereocenters. The van der Waals surface area contributed by atoms with Gasteiger partial charge in [-0.25, -0.2) is 0 Å².